The van der Waals surface area contributed by atoms with Gasteiger partial charge in [-0.15, -0.1) is 0 Å². The second-order valence-corrected chi connectivity index (χ2v) is 5.50. The van der Waals surface area contributed by atoms with E-state index < -0.39 is 5.97 Å². The van der Waals surface area contributed by atoms with Crippen molar-refractivity contribution < 1.29 is 9.90 Å². The number of halogens is 2. The van der Waals surface area contributed by atoms with E-state index in [4.69, 9.17) is 28.3 Å². The normalized spacial score (nSPS) is 10.7. The van der Waals surface area contributed by atoms with Crippen LogP contribution in [0.1, 0.15) is 11.3 Å². The molecule has 0 amide bonds. The van der Waals surface area contributed by atoms with Gasteiger partial charge in [0.2, 0.25) is 0 Å². The average molecular weight is 328 g/mol. The Kier molecular flexibility index (Phi) is 4.75. The van der Waals surface area contributed by atoms with Crippen molar-refractivity contribution in [2.75, 3.05) is 11.4 Å². The summed E-state index contributed by atoms with van der Waals surface area (Å²) in [4.78, 5) is 12.8. The molecule has 112 valence electrons. The van der Waals surface area contributed by atoms with Gasteiger partial charge in [-0.3, -0.25) is 9.48 Å². The minimum atomic E-state index is -0.914. The molecule has 7 heteroatoms. The number of carboxylic acids is 1. The van der Waals surface area contributed by atoms with Gasteiger partial charge in [0.25, 0.3) is 0 Å². The van der Waals surface area contributed by atoms with E-state index in [1.54, 1.807) is 40.9 Å². The molecule has 1 aromatic heterocycles. The number of rotatable bonds is 5. The lowest BCUT2D eigenvalue weighted by Crippen LogP contribution is -2.29. The van der Waals surface area contributed by atoms with Gasteiger partial charge in [0.15, 0.2) is 0 Å². The van der Waals surface area contributed by atoms with Crippen molar-refractivity contribution in [3.63, 3.8) is 0 Å². The summed E-state index contributed by atoms with van der Waals surface area (Å²) in [5.74, 6) is -0.914. The first-order valence-electron chi connectivity index (χ1n) is 6.28. The van der Waals surface area contributed by atoms with E-state index in [9.17, 15) is 4.79 Å². The van der Waals surface area contributed by atoms with Gasteiger partial charge in [-0.25, -0.2) is 0 Å². The third-order valence-corrected chi connectivity index (χ3v) is 3.86. The molecule has 0 saturated carbocycles. The van der Waals surface area contributed by atoms with Crippen molar-refractivity contribution >= 4 is 34.9 Å². The van der Waals surface area contributed by atoms with E-state index in [1.807, 2.05) is 6.92 Å². The van der Waals surface area contributed by atoms with E-state index in [-0.39, 0.29) is 6.54 Å². The van der Waals surface area contributed by atoms with Crippen LogP contribution in [-0.2, 0) is 18.4 Å². The topological polar surface area (TPSA) is 58.4 Å². The largest absolute Gasteiger partial charge is 0.480 e. The van der Waals surface area contributed by atoms with E-state index in [0.717, 1.165) is 16.9 Å². The zero-order valence-corrected chi connectivity index (χ0v) is 13.2. The summed E-state index contributed by atoms with van der Waals surface area (Å²) >= 11 is 12.1. The molecule has 2 aromatic rings. The highest BCUT2D eigenvalue weighted by Gasteiger charge is 2.17. The van der Waals surface area contributed by atoms with Crippen LogP contribution < -0.4 is 4.90 Å². The third-order valence-electron chi connectivity index (χ3n) is 3.14. The van der Waals surface area contributed by atoms with E-state index >= 15 is 0 Å². The zero-order valence-electron chi connectivity index (χ0n) is 11.7. The van der Waals surface area contributed by atoms with E-state index in [2.05, 4.69) is 5.10 Å². The maximum atomic E-state index is 11.1. The smallest absolute Gasteiger partial charge is 0.323 e. The zero-order chi connectivity index (χ0) is 15.6. The summed E-state index contributed by atoms with van der Waals surface area (Å²) < 4.78 is 1.58. The van der Waals surface area contributed by atoms with Gasteiger partial charge in [-0.2, -0.15) is 5.10 Å². The minimum Gasteiger partial charge on any atom is -0.480 e. The Morgan fingerprint density at radius 1 is 1.33 bits per heavy atom. The van der Waals surface area contributed by atoms with Gasteiger partial charge in [0.1, 0.15) is 11.7 Å². The number of carboxylic acid groups (broad SMARTS) is 1. The fraction of sp³-hybridized carbons (Fsp3) is 0.286. The molecule has 0 saturated heterocycles. The first-order chi connectivity index (χ1) is 9.88. The first kappa shape index (κ1) is 15.7. The van der Waals surface area contributed by atoms with Crippen LogP contribution in [0.4, 0.5) is 5.69 Å². The number of aromatic nitrogens is 2. The molecule has 5 nitrogen and oxygen atoms in total. The Hall–Kier alpha value is -1.72. The predicted molar refractivity (Wildman–Crippen MR) is 83.1 cm³/mol. The summed E-state index contributed by atoms with van der Waals surface area (Å²) in [6.45, 7) is 2.08. The van der Waals surface area contributed by atoms with Crippen LogP contribution >= 0.6 is 23.2 Å². The fourth-order valence-electron chi connectivity index (χ4n) is 2.10. The SMILES string of the molecule is Cc1nn(C)c(Cl)c1CN(CC(=O)O)c1ccc(Cl)cc1. The van der Waals surface area contributed by atoms with Crippen LogP contribution in [0.2, 0.25) is 10.2 Å². The molecule has 0 radical (unpaired) electrons. The monoisotopic (exact) mass is 327 g/mol. The van der Waals surface area contributed by atoms with Crippen molar-refractivity contribution in [3.8, 4) is 0 Å². The van der Waals surface area contributed by atoms with Gasteiger partial charge >= 0.3 is 5.97 Å². The number of anilines is 1. The first-order valence-corrected chi connectivity index (χ1v) is 7.04. The second kappa shape index (κ2) is 6.37. The molecule has 0 spiro atoms. The lowest BCUT2D eigenvalue weighted by Gasteiger charge is -2.23. The van der Waals surface area contributed by atoms with Gasteiger partial charge < -0.3 is 10.0 Å². The van der Waals surface area contributed by atoms with Crippen molar-refractivity contribution in [1.82, 2.24) is 9.78 Å². The maximum absolute atomic E-state index is 11.1. The Morgan fingerprint density at radius 2 is 1.95 bits per heavy atom. The molecule has 21 heavy (non-hydrogen) atoms. The second-order valence-electron chi connectivity index (χ2n) is 4.70. The van der Waals surface area contributed by atoms with Gasteiger partial charge in [-0.1, -0.05) is 23.2 Å². The molecular formula is C14H15Cl2N3O2. The lowest BCUT2D eigenvalue weighted by atomic mass is 10.2. The molecule has 0 atom stereocenters. The number of hydrogen-bond acceptors (Lipinski definition) is 3. The van der Waals surface area contributed by atoms with Gasteiger partial charge in [0, 0.05) is 29.9 Å². The van der Waals surface area contributed by atoms with Gasteiger partial charge in [-0.05, 0) is 31.2 Å². The number of aryl methyl sites for hydroxylation is 2. The van der Waals surface area contributed by atoms with Crippen molar-refractivity contribution in [2.24, 2.45) is 7.05 Å². The van der Waals surface area contributed by atoms with E-state index in [0.29, 0.717) is 16.7 Å². The molecule has 1 heterocycles. The molecular weight excluding hydrogens is 313 g/mol. The third kappa shape index (κ3) is 3.68. The Labute approximate surface area is 132 Å². The molecule has 0 aliphatic heterocycles. The maximum Gasteiger partial charge on any atom is 0.323 e. The Bertz CT molecular complexity index is 653. The highest BCUT2D eigenvalue weighted by atomic mass is 35.5. The predicted octanol–water partition coefficient (Wildman–Crippen LogP) is 3.13. The van der Waals surface area contributed by atoms with Crippen LogP contribution in [0.15, 0.2) is 24.3 Å². The molecule has 0 aliphatic rings. The lowest BCUT2D eigenvalue weighted by molar-refractivity contribution is -0.135. The van der Waals surface area contributed by atoms with Crippen LogP contribution in [0.25, 0.3) is 0 Å². The summed E-state index contributed by atoms with van der Waals surface area (Å²) in [7, 11) is 1.75. The molecule has 1 N–H and O–H groups in total. The summed E-state index contributed by atoms with van der Waals surface area (Å²) in [5, 5.41) is 14.5. The average Bonchev–Trinajstić information content (AvgIpc) is 2.65. The molecule has 2 rings (SSSR count). The van der Waals surface area contributed by atoms with Crippen LogP contribution in [-0.4, -0.2) is 27.4 Å². The number of nitrogens with zero attached hydrogens (tertiary/aromatic N) is 3. The van der Waals surface area contributed by atoms with E-state index in [1.165, 1.54) is 0 Å². The number of hydrogen-bond donors (Lipinski definition) is 1. The standard InChI is InChI=1S/C14H15Cl2N3O2/c1-9-12(14(16)18(2)17-9)7-19(8-13(20)21)11-5-3-10(15)4-6-11/h3-6H,7-8H2,1-2H3,(H,20,21). The highest BCUT2D eigenvalue weighted by molar-refractivity contribution is 6.30. The summed E-state index contributed by atoms with van der Waals surface area (Å²) in [6, 6.07) is 7.02. The highest BCUT2D eigenvalue weighted by Crippen LogP contribution is 2.25. The molecule has 0 aliphatic carbocycles. The number of benzene rings is 1. The van der Waals surface area contributed by atoms with Crippen molar-refractivity contribution in [1.29, 1.82) is 0 Å². The summed E-state index contributed by atoms with van der Waals surface area (Å²) in [5.41, 5.74) is 2.36. The Balaban J connectivity index is 2.32. The fourth-order valence-corrected chi connectivity index (χ4v) is 2.46. The molecule has 1 aromatic carbocycles. The van der Waals surface area contributed by atoms with Crippen molar-refractivity contribution in [2.45, 2.75) is 13.5 Å². The van der Waals surface area contributed by atoms with Crippen LogP contribution in [0, 0.1) is 6.92 Å². The Morgan fingerprint density at radius 3 is 2.43 bits per heavy atom. The van der Waals surface area contributed by atoms with Crippen molar-refractivity contribution in [3.05, 3.63) is 45.7 Å². The molecule has 0 fully saturated rings. The summed E-state index contributed by atoms with van der Waals surface area (Å²) in [6.07, 6.45) is 0. The number of aliphatic carboxylic acids is 1. The van der Waals surface area contributed by atoms with Gasteiger partial charge in [0.05, 0.1) is 5.69 Å². The molecule has 0 bridgehead atoms. The van der Waals surface area contributed by atoms with Crippen LogP contribution in [0.3, 0.4) is 0 Å². The number of carbonyl (C=O) groups is 1. The quantitative estimate of drug-likeness (QED) is 0.916. The van der Waals surface area contributed by atoms with Crippen LogP contribution in [0.5, 0.6) is 0 Å². The minimum absolute atomic E-state index is 0.133. The molecule has 0 unspecified atom stereocenters.